The summed E-state index contributed by atoms with van der Waals surface area (Å²) in [5.74, 6) is 0. The van der Waals surface area contributed by atoms with Crippen molar-refractivity contribution in [1.82, 2.24) is 0 Å². The summed E-state index contributed by atoms with van der Waals surface area (Å²) in [5, 5.41) is 9.49. The summed E-state index contributed by atoms with van der Waals surface area (Å²) in [7, 11) is 1.64. The second-order valence-electron chi connectivity index (χ2n) is 5.79. The topological polar surface area (TPSA) is 29.5 Å². The molecule has 2 heteroatoms. The molecule has 0 heterocycles. The van der Waals surface area contributed by atoms with Crippen molar-refractivity contribution in [1.29, 1.82) is 0 Å². The summed E-state index contributed by atoms with van der Waals surface area (Å²) in [6, 6.07) is 0. The van der Waals surface area contributed by atoms with Gasteiger partial charge in [0.2, 0.25) is 0 Å². The van der Waals surface area contributed by atoms with Gasteiger partial charge < -0.3 is 9.84 Å². The monoisotopic (exact) mass is 272 g/mol. The molecular formula is C17H36O2. The second-order valence-corrected chi connectivity index (χ2v) is 5.79. The molecule has 19 heavy (non-hydrogen) atoms. The molecule has 0 fully saturated rings. The third-order valence-electron chi connectivity index (χ3n) is 3.75. The van der Waals surface area contributed by atoms with E-state index < -0.39 is 0 Å². The minimum atomic E-state index is -0.256. The molecule has 116 valence electrons. The van der Waals surface area contributed by atoms with Crippen LogP contribution in [0.4, 0.5) is 0 Å². The molecule has 0 bridgehead atoms. The van der Waals surface area contributed by atoms with Crippen molar-refractivity contribution in [3.05, 3.63) is 0 Å². The predicted octanol–water partition coefficient (Wildman–Crippen LogP) is 5.08. The molecule has 0 spiro atoms. The number of hydrogen-bond acceptors (Lipinski definition) is 2. The predicted molar refractivity (Wildman–Crippen MR) is 83.6 cm³/mol. The van der Waals surface area contributed by atoms with Gasteiger partial charge in [0.1, 0.15) is 0 Å². The van der Waals surface area contributed by atoms with Crippen molar-refractivity contribution < 1.29 is 9.84 Å². The summed E-state index contributed by atoms with van der Waals surface area (Å²) in [6.07, 6.45) is 17.0. The maximum Gasteiger partial charge on any atom is 0.0773 e. The number of ether oxygens (including phenoxy) is 1. The molecule has 0 amide bonds. The Morgan fingerprint density at radius 1 is 0.737 bits per heavy atom. The van der Waals surface area contributed by atoms with Gasteiger partial charge in [-0.2, -0.15) is 0 Å². The Kier molecular flexibility index (Phi) is 15.9. The number of hydrogen-bond donors (Lipinski definition) is 1. The maximum absolute atomic E-state index is 9.49. The second kappa shape index (κ2) is 16.0. The Morgan fingerprint density at radius 3 is 1.58 bits per heavy atom. The van der Waals surface area contributed by atoms with Crippen LogP contribution in [0.5, 0.6) is 0 Å². The molecule has 0 saturated carbocycles. The van der Waals surface area contributed by atoms with E-state index in [1.807, 2.05) is 0 Å². The fraction of sp³-hybridized carbons (Fsp3) is 1.00. The molecule has 0 rings (SSSR count). The third kappa shape index (κ3) is 15.9. The van der Waals surface area contributed by atoms with E-state index in [2.05, 4.69) is 6.92 Å². The van der Waals surface area contributed by atoms with Gasteiger partial charge >= 0.3 is 0 Å². The van der Waals surface area contributed by atoms with Gasteiger partial charge in [0.25, 0.3) is 0 Å². The van der Waals surface area contributed by atoms with E-state index in [1.165, 1.54) is 70.6 Å². The van der Waals surface area contributed by atoms with Gasteiger partial charge in [-0.3, -0.25) is 0 Å². The standard InChI is InChI=1S/C17H36O2/c1-3-4-5-6-7-8-9-10-11-12-13-14-15-17(18)16-19-2/h17-18H,3-16H2,1-2H3. The molecule has 0 aromatic carbocycles. The lowest BCUT2D eigenvalue weighted by Crippen LogP contribution is -2.13. The van der Waals surface area contributed by atoms with Gasteiger partial charge in [-0.15, -0.1) is 0 Å². The number of aliphatic hydroxyl groups excluding tert-OH is 1. The quantitative estimate of drug-likeness (QED) is 0.421. The minimum Gasteiger partial charge on any atom is -0.391 e. The van der Waals surface area contributed by atoms with Crippen LogP contribution in [0.2, 0.25) is 0 Å². The number of methoxy groups -OCH3 is 1. The maximum atomic E-state index is 9.49. The zero-order chi connectivity index (χ0) is 14.2. The fourth-order valence-corrected chi connectivity index (χ4v) is 2.50. The summed E-state index contributed by atoms with van der Waals surface area (Å²) in [6.45, 7) is 2.76. The SMILES string of the molecule is CCCCCCCCCCCCCCC(O)COC. The zero-order valence-corrected chi connectivity index (χ0v) is 13.3. The van der Waals surface area contributed by atoms with E-state index in [0.717, 1.165) is 12.8 Å². The first-order valence-corrected chi connectivity index (χ1v) is 8.48. The fourth-order valence-electron chi connectivity index (χ4n) is 2.50. The van der Waals surface area contributed by atoms with Gasteiger partial charge in [0.15, 0.2) is 0 Å². The number of aliphatic hydroxyl groups is 1. The number of rotatable bonds is 15. The Bertz CT molecular complexity index is 159. The van der Waals surface area contributed by atoms with Gasteiger partial charge in [0.05, 0.1) is 12.7 Å². The first-order chi connectivity index (χ1) is 9.31. The molecular weight excluding hydrogens is 236 g/mol. The van der Waals surface area contributed by atoms with Crippen LogP contribution in [0.15, 0.2) is 0 Å². The van der Waals surface area contributed by atoms with Gasteiger partial charge in [-0.05, 0) is 6.42 Å². The lowest BCUT2D eigenvalue weighted by Gasteiger charge is -2.08. The first kappa shape index (κ1) is 18.9. The van der Waals surface area contributed by atoms with Crippen molar-refractivity contribution in [2.75, 3.05) is 13.7 Å². The molecule has 0 radical (unpaired) electrons. The van der Waals surface area contributed by atoms with Crippen LogP contribution in [0.25, 0.3) is 0 Å². The lowest BCUT2D eigenvalue weighted by atomic mass is 10.0. The van der Waals surface area contributed by atoms with Crippen molar-refractivity contribution in [2.45, 2.75) is 96.5 Å². The highest BCUT2D eigenvalue weighted by Crippen LogP contribution is 2.12. The van der Waals surface area contributed by atoms with Crippen LogP contribution in [0.3, 0.4) is 0 Å². The molecule has 1 atom stereocenters. The van der Waals surface area contributed by atoms with E-state index in [9.17, 15) is 5.11 Å². The smallest absolute Gasteiger partial charge is 0.0773 e. The highest BCUT2D eigenvalue weighted by atomic mass is 16.5. The first-order valence-electron chi connectivity index (χ1n) is 8.48. The van der Waals surface area contributed by atoms with Crippen molar-refractivity contribution in [2.24, 2.45) is 0 Å². The molecule has 0 aromatic heterocycles. The molecule has 0 aliphatic carbocycles. The molecule has 0 saturated heterocycles. The van der Waals surface area contributed by atoms with Gasteiger partial charge in [0, 0.05) is 7.11 Å². The molecule has 0 aromatic rings. The van der Waals surface area contributed by atoms with E-state index in [4.69, 9.17) is 4.74 Å². The van der Waals surface area contributed by atoms with Crippen LogP contribution in [0.1, 0.15) is 90.4 Å². The van der Waals surface area contributed by atoms with Crippen LogP contribution in [-0.2, 0) is 4.74 Å². The summed E-state index contributed by atoms with van der Waals surface area (Å²) >= 11 is 0. The van der Waals surface area contributed by atoms with Crippen molar-refractivity contribution in [3.63, 3.8) is 0 Å². The third-order valence-corrected chi connectivity index (χ3v) is 3.75. The average molecular weight is 272 g/mol. The van der Waals surface area contributed by atoms with Crippen LogP contribution < -0.4 is 0 Å². The Balaban J connectivity index is 2.99. The van der Waals surface area contributed by atoms with Crippen LogP contribution >= 0.6 is 0 Å². The van der Waals surface area contributed by atoms with Gasteiger partial charge in [-0.1, -0.05) is 84.0 Å². The van der Waals surface area contributed by atoms with Crippen LogP contribution in [-0.4, -0.2) is 24.9 Å². The summed E-state index contributed by atoms with van der Waals surface area (Å²) in [4.78, 5) is 0. The molecule has 0 aliphatic heterocycles. The Morgan fingerprint density at radius 2 is 1.16 bits per heavy atom. The van der Waals surface area contributed by atoms with E-state index in [1.54, 1.807) is 7.11 Å². The van der Waals surface area contributed by atoms with E-state index in [-0.39, 0.29) is 6.10 Å². The minimum absolute atomic E-state index is 0.256. The zero-order valence-electron chi connectivity index (χ0n) is 13.3. The molecule has 2 nitrogen and oxygen atoms in total. The van der Waals surface area contributed by atoms with Crippen molar-refractivity contribution in [3.8, 4) is 0 Å². The average Bonchev–Trinajstić information content (AvgIpc) is 2.40. The molecule has 0 aliphatic rings. The van der Waals surface area contributed by atoms with E-state index in [0.29, 0.717) is 6.61 Å². The summed E-state index contributed by atoms with van der Waals surface area (Å²) in [5.41, 5.74) is 0. The normalized spacial score (nSPS) is 12.8. The molecule has 1 N–H and O–H groups in total. The summed E-state index contributed by atoms with van der Waals surface area (Å²) < 4.78 is 4.91. The largest absolute Gasteiger partial charge is 0.391 e. The van der Waals surface area contributed by atoms with Crippen molar-refractivity contribution >= 4 is 0 Å². The lowest BCUT2D eigenvalue weighted by molar-refractivity contribution is 0.0576. The number of unbranched alkanes of at least 4 members (excludes halogenated alkanes) is 11. The van der Waals surface area contributed by atoms with E-state index >= 15 is 0 Å². The highest BCUT2D eigenvalue weighted by molar-refractivity contribution is 4.54. The van der Waals surface area contributed by atoms with Crippen LogP contribution in [0, 0.1) is 0 Å². The van der Waals surface area contributed by atoms with Gasteiger partial charge in [-0.25, -0.2) is 0 Å². The molecule has 1 unspecified atom stereocenters. The Hall–Kier alpha value is -0.0800. The Labute approximate surface area is 120 Å². The highest BCUT2D eigenvalue weighted by Gasteiger charge is 2.02.